The molecule has 2 aromatic rings. The molecule has 0 amide bonds. The van der Waals surface area contributed by atoms with Gasteiger partial charge in [0.15, 0.2) is 0 Å². The van der Waals surface area contributed by atoms with Crippen LogP contribution in [0.1, 0.15) is 0 Å². The fraction of sp³-hybridized carbons (Fsp3) is 0.0909. The maximum Gasteiger partial charge on any atom is 0.272 e. The third kappa shape index (κ3) is 2.29. The normalized spacial score (nSPS) is 10.3. The molecular formula is C11H8ClFN2O2. The molecule has 0 fully saturated rings. The van der Waals surface area contributed by atoms with E-state index >= 15 is 0 Å². The molecule has 88 valence electrons. The quantitative estimate of drug-likeness (QED) is 0.894. The van der Waals surface area contributed by atoms with Crippen molar-refractivity contribution < 1.29 is 9.13 Å². The van der Waals surface area contributed by atoms with E-state index in [4.69, 9.17) is 16.3 Å². The van der Waals surface area contributed by atoms with Crippen molar-refractivity contribution in [3.63, 3.8) is 0 Å². The molecule has 4 nitrogen and oxygen atoms in total. The summed E-state index contributed by atoms with van der Waals surface area (Å²) in [7, 11) is 1.44. The van der Waals surface area contributed by atoms with E-state index in [0.717, 1.165) is 0 Å². The monoisotopic (exact) mass is 254 g/mol. The molecule has 0 aliphatic carbocycles. The predicted molar refractivity (Wildman–Crippen MR) is 61.8 cm³/mol. The van der Waals surface area contributed by atoms with Gasteiger partial charge in [0.25, 0.3) is 5.56 Å². The highest BCUT2D eigenvalue weighted by atomic mass is 35.5. The van der Waals surface area contributed by atoms with E-state index in [1.165, 1.54) is 25.3 Å². The second-order valence-corrected chi connectivity index (χ2v) is 3.67. The smallest absolute Gasteiger partial charge is 0.272 e. The number of rotatable bonds is 2. The number of halogens is 2. The molecule has 0 atom stereocenters. The molecule has 6 heteroatoms. The van der Waals surface area contributed by atoms with Crippen molar-refractivity contribution in [2.75, 3.05) is 7.11 Å². The van der Waals surface area contributed by atoms with Gasteiger partial charge < -0.3 is 4.74 Å². The molecule has 0 aliphatic heterocycles. The molecule has 0 bridgehead atoms. The summed E-state index contributed by atoms with van der Waals surface area (Å²) in [4.78, 5) is 11.5. The van der Waals surface area contributed by atoms with Crippen LogP contribution in [0.5, 0.6) is 5.75 Å². The minimum Gasteiger partial charge on any atom is -0.497 e. The Kier molecular flexibility index (Phi) is 3.10. The van der Waals surface area contributed by atoms with E-state index in [1.54, 1.807) is 6.07 Å². The number of H-pyrrole nitrogens is 1. The Balaban J connectivity index is 2.60. The number of nitrogens with one attached hydrogen (secondary N) is 1. The molecule has 0 radical (unpaired) electrons. The molecule has 0 saturated carbocycles. The lowest BCUT2D eigenvalue weighted by Crippen LogP contribution is -2.11. The van der Waals surface area contributed by atoms with E-state index < -0.39 is 11.4 Å². The van der Waals surface area contributed by atoms with Crippen molar-refractivity contribution in [3.05, 3.63) is 45.6 Å². The summed E-state index contributed by atoms with van der Waals surface area (Å²) in [6.07, 6.45) is 0. The van der Waals surface area contributed by atoms with E-state index in [0.29, 0.717) is 5.75 Å². The van der Waals surface area contributed by atoms with Crippen molar-refractivity contribution in [1.29, 1.82) is 0 Å². The van der Waals surface area contributed by atoms with Gasteiger partial charge in [-0.25, -0.2) is 9.49 Å². The van der Waals surface area contributed by atoms with Crippen LogP contribution in [0.15, 0.2) is 29.1 Å². The highest BCUT2D eigenvalue weighted by Gasteiger charge is 2.11. The molecule has 1 heterocycles. The number of nitrogens with zero attached hydrogens (tertiary/aromatic N) is 1. The van der Waals surface area contributed by atoms with Crippen molar-refractivity contribution in [3.8, 4) is 16.9 Å². The van der Waals surface area contributed by atoms with E-state index in [1.807, 2.05) is 0 Å². The average molecular weight is 255 g/mol. The second-order valence-electron chi connectivity index (χ2n) is 3.28. The zero-order chi connectivity index (χ0) is 12.4. The number of hydrogen-bond donors (Lipinski definition) is 1. The molecule has 0 unspecified atom stereocenters. The van der Waals surface area contributed by atoms with Crippen LogP contribution in [0.3, 0.4) is 0 Å². The lowest BCUT2D eigenvalue weighted by atomic mass is 10.1. The lowest BCUT2D eigenvalue weighted by molar-refractivity contribution is 0.411. The minimum absolute atomic E-state index is 0.0924. The Morgan fingerprint density at radius 3 is 2.76 bits per heavy atom. The van der Waals surface area contributed by atoms with Crippen LogP contribution < -0.4 is 10.3 Å². The second kappa shape index (κ2) is 4.55. The number of benzene rings is 1. The number of aromatic nitrogens is 2. The molecule has 0 saturated heterocycles. The van der Waals surface area contributed by atoms with Gasteiger partial charge in [0.1, 0.15) is 16.7 Å². The van der Waals surface area contributed by atoms with Crippen molar-refractivity contribution in [2.24, 2.45) is 0 Å². The number of hydrogen-bond acceptors (Lipinski definition) is 3. The van der Waals surface area contributed by atoms with Crippen LogP contribution in [-0.4, -0.2) is 17.3 Å². The van der Waals surface area contributed by atoms with E-state index in [9.17, 15) is 9.18 Å². The van der Waals surface area contributed by atoms with Crippen LogP contribution in [-0.2, 0) is 0 Å². The van der Waals surface area contributed by atoms with Gasteiger partial charge in [0, 0.05) is 11.6 Å². The van der Waals surface area contributed by atoms with Crippen molar-refractivity contribution in [1.82, 2.24) is 10.2 Å². The Morgan fingerprint density at radius 2 is 2.12 bits per heavy atom. The Morgan fingerprint density at radius 1 is 1.35 bits per heavy atom. The zero-order valence-corrected chi connectivity index (χ0v) is 9.58. The largest absolute Gasteiger partial charge is 0.497 e. The van der Waals surface area contributed by atoms with Crippen LogP contribution in [0.25, 0.3) is 11.1 Å². The maximum absolute atomic E-state index is 13.7. The van der Waals surface area contributed by atoms with E-state index in [2.05, 4.69) is 10.2 Å². The fourth-order valence-corrected chi connectivity index (χ4v) is 1.57. The van der Waals surface area contributed by atoms with Gasteiger partial charge in [-0.3, -0.25) is 4.79 Å². The standard InChI is InChI=1S/C11H8ClFN2O2/c1-17-6-2-3-7(9(13)4-6)8-5-10(12)14-15-11(8)16/h2-5H,1H3,(H,15,16). The summed E-state index contributed by atoms with van der Waals surface area (Å²) in [5.74, 6) is -0.181. The fourth-order valence-electron chi connectivity index (χ4n) is 1.42. The Labute approximate surface area is 101 Å². The summed E-state index contributed by atoms with van der Waals surface area (Å²) in [5.41, 5.74) is -0.222. The molecule has 1 aromatic carbocycles. The average Bonchev–Trinajstić information content (AvgIpc) is 2.32. The lowest BCUT2D eigenvalue weighted by Gasteiger charge is -2.05. The van der Waals surface area contributed by atoms with Crippen LogP contribution >= 0.6 is 11.6 Å². The predicted octanol–water partition coefficient (Wildman–Crippen LogP) is 2.24. The summed E-state index contributed by atoms with van der Waals surface area (Å²) in [6.45, 7) is 0. The first kappa shape index (κ1) is 11.6. The molecule has 2 rings (SSSR count). The van der Waals surface area contributed by atoms with Crippen molar-refractivity contribution in [2.45, 2.75) is 0 Å². The maximum atomic E-state index is 13.7. The number of ether oxygens (including phenoxy) is 1. The Hall–Kier alpha value is -1.88. The summed E-state index contributed by atoms with van der Waals surface area (Å²) < 4.78 is 18.6. The highest BCUT2D eigenvalue weighted by Crippen LogP contribution is 2.24. The van der Waals surface area contributed by atoms with Gasteiger partial charge in [0.2, 0.25) is 0 Å². The Bertz CT molecular complexity index is 613. The van der Waals surface area contributed by atoms with Gasteiger partial charge >= 0.3 is 0 Å². The molecule has 0 aliphatic rings. The molecule has 0 spiro atoms. The SMILES string of the molecule is COc1ccc(-c2cc(Cl)n[nH]c2=O)c(F)c1. The summed E-state index contributed by atoms with van der Waals surface area (Å²) >= 11 is 5.65. The molecule has 1 aromatic heterocycles. The number of methoxy groups -OCH3 is 1. The molecule has 17 heavy (non-hydrogen) atoms. The molecular weight excluding hydrogens is 247 g/mol. The first-order chi connectivity index (χ1) is 8.11. The zero-order valence-electron chi connectivity index (χ0n) is 8.83. The molecule has 1 N–H and O–H groups in total. The summed E-state index contributed by atoms with van der Waals surface area (Å²) in [6, 6.07) is 5.52. The topological polar surface area (TPSA) is 55.0 Å². The van der Waals surface area contributed by atoms with Gasteiger partial charge in [-0.05, 0) is 18.2 Å². The van der Waals surface area contributed by atoms with Crippen LogP contribution in [0.4, 0.5) is 4.39 Å². The van der Waals surface area contributed by atoms with E-state index in [-0.39, 0.29) is 16.3 Å². The van der Waals surface area contributed by atoms with Gasteiger partial charge in [-0.15, -0.1) is 0 Å². The third-order valence-corrected chi connectivity index (χ3v) is 2.43. The van der Waals surface area contributed by atoms with Crippen LogP contribution in [0, 0.1) is 5.82 Å². The highest BCUT2D eigenvalue weighted by molar-refractivity contribution is 6.29. The first-order valence-electron chi connectivity index (χ1n) is 4.71. The van der Waals surface area contributed by atoms with Crippen LogP contribution in [0.2, 0.25) is 5.15 Å². The first-order valence-corrected chi connectivity index (χ1v) is 5.09. The summed E-state index contributed by atoms with van der Waals surface area (Å²) in [5, 5.41) is 5.79. The van der Waals surface area contributed by atoms with Gasteiger partial charge in [0.05, 0.1) is 12.7 Å². The van der Waals surface area contributed by atoms with Crippen molar-refractivity contribution >= 4 is 11.6 Å². The number of aromatic amines is 1. The van der Waals surface area contributed by atoms with Gasteiger partial charge in [-0.2, -0.15) is 5.10 Å². The van der Waals surface area contributed by atoms with Gasteiger partial charge in [-0.1, -0.05) is 11.6 Å². The third-order valence-electron chi connectivity index (χ3n) is 2.24. The minimum atomic E-state index is -0.558.